The molecule has 0 saturated heterocycles. The van der Waals surface area contributed by atoms with Crippen LogP contribution in [0.3, 0.4) is 0 Å². The number of hydrogen-bond donors (Lipinski definition) is 1. The molecule has 4 nitrogen and oxygen atoms in total. The number of nitrogens with zero attached hydrogens (tertiary/aromatic N) is 3. The van der Waals surface area contributed by atoms with Gasteiger partial charge in [-0.3, -0.25) is 0 Å². The van der Waals surface area contributed by atoms with Crippen LogP contribution in [-0.4, -0.2) is 14.8 Å². The van der Waals surface area contributed by atoms with Crippen LogP contribution in [0.2, 0.25) is 0 Å². The fraction of sp³-hybridized carbons (Fsp3) is 0.0588. The number of fused-ring (bicyclic) bond motifs is 1. The van der Waals surface area contributed by atoms with Crippen molar-refractivity contribution in [3.63, 3.8) is 0 Å². The van der Waals surface area contributed by atoms with E-state index in [1.54, 1.807) is 16.8 Å². The second kappa shape index (κ2) is 5.77. The van der Waals surface area contributed by atoms with Crippen LogP contribution in [0.25, 0.3) is 5.70 Å². The van der Waals surface area contributed by atoms with Gasteiger partial charge in [-0.15, -0.1) is 0 Å². The van der Waals surface area contributed by atoms with Gasteiger partial charge in [0.25, 0.3) is 0 Å². The summed E-state index contributed by atoms with van der Waals surface area (Å²) in [5.74, 6) is 0.355. The third-order valence-electron chi connectivity index (χ3n) is 3.79. The molecular weight excluding hydrogens is 406 g/mol. The number of halogens is 2. The molecule has 4 rings (SSSR count). The number of nitrogens with one attached hydrogen (secondary N) is 1. The number of benzene rings is 2. The second-order valence-corrected chi connectivity index (χ2v) is 6.45. The van der Waals surface area contributed by atoms with E-state index in [9.17, 15) is 4.39 Å². The van der Waals surface area contributed by atoms with Crippen LogP contribution in [0.4, 0.5) is 10.3 Å². The zero-order valence-electron chi connectivity index (χ0n) is 11.9. The Morgan fingerprint density at radius 2 is 1.87 bits per heavy atom. The Hall–Kier alpha value is -2.22. The van der Waals surface area contributed by atoms with Crippen molar-refractivity contribution in [2.75, 3.05) is 5.32 Å². The van der Waals surface area contributed by atoms with Crippen molar-refractivity contribution < 1.29 is 4.39 Å². The van der Waals surface area contributed by atoms with E-state index >= 15 is 0 Å². The highest BCUT2D eigenvalue weighted by Gasteiger charge is 2.25. The summed E-state index contributed by atoms with van der Waals surface area (Å²) in [5.41, 5.74) is 2.50. The molecule has 6 heteroatoms. The van der Waals surface area contributed by atoms with Crippen molar-refractivity contribution in [1.29, 1.82) is 0 Å². The fourth-order valence-corrected chi connectivity index (χ4v) is 3.03. The number of anilines is 1. The molecule has 0 fully saturated rings. The first-order chi connectivity index (χ1) is 11.2. The Kier molecular flexibility index (Phi) is 3.60. The van der Waals surface area contributed by atoms with E-state index in [1.165, 1.54) is 12.4 Å². The highest BCUT2D eigenvalue weighted by Crippen LogP contribution is 2.32. The van der Waals surface area contributed by atoms with Gasteiger partial charge in [-0.2, -0.15) is 10.1 Å². The summed E-state index contributed by atoms with van der Waals surface area (Å²) in [6, 6.07) is 14.6. The van der Waals surface area contributed by atoms with Crippen molar-refractivity contribution in [2.45, 2.75) is 6.04 Å². The van der Waals surface area contributed by atoms with Crippen LogP contribution in [0, 0.1) is 9.39 Å². The van der Waals surface area contributed by atoms with Gasteiger partial charge in [0.2, 0.25) is 5.95 Å². The lowest BCUT2D eigenvalue weighted by Gasteiger charge is -2.24. The van der Waals surface area contributed by atoms with E-state index in [4.69, 9.17) is 0 Å². The minimum absolute atomic E-state index is 0.251. The molecule has 0 radical (unpaired) electrons. The van der Waals surface area contributed by atoms with E-state index in [-0.39, 0.29) is 11.9 Å². The quantitative estimate of drug-likeness (QED) is 0.638. The van der Waals surface area contributed by atoms with Crippen molar-refractivity contribution in [3.05, 3.63) is 81.4 Å². The molecule has 2 heterocycles. The average molecular weight is 418 g/mol. The molecule has 0 spiro atoms. The monoisotopic (exact) mass is 418 g/mol. The number of aromatic nitrogens is 3. The molecule has 1 atom stereocenters. The Morgan fingerprint density at radius 3 is 2.65 bits per heavy atom. The van der Waals surface area contributed by atoms with Crippen LogP contribution in [0.15, 0.2) is 60.9 Å². The Balaban J connectivity index is 1.83. The minimum atomic E-state index is -0.329. The molecule has 3 aromatic rings. The molecule has 1 N–H and O–H groups in total. The third kappa shape index (κ3) is 2.63. The topological polar surface area (TPSA) is 42.7 Å². The van der Waals surface area contributed by atoms with Gasteiger partial charge in [-0.1, -0.05) is 30.3 Å². The van der Waals surface area contributed by atoms with Crippen LogP contribution >= 0.6 is 22.6 Å². The minimum Gasteiger partial charge on any atom is -0.324 e. The molecule has 2 aromatic carbocycles. The summed E-state index contributed by atoms with van der Waals surface area (Å²) in [4.78, 5) is 4.23. The lowest BCUT2D eigenvalue weighted by molar-refractivity contribution is 0.551. The molecule has 1 aromatic heterocycles. The zero-order valence-corrected chi connectivity index (χ0v) is 14.1. The van der Waals surface area contributed by atoms with Gasteiger partial charge < -0.3 is 5.32 Å². The molecule has 1 aliphatic heterocycles. The van der Waals surface area contributed by atoms with Crippen molar-refractivity contribution in [2.24, 2.45) is 0 Å². The maximum Gasteiger partial charge on any atom is 0.226 e. The maximum atomic E-state index is 14.2. The van der Waals surface area contributed by atoms with Crippen LogP contribution in [-0.2, 0) is 0 Å². The molecule has 23 heavy (non-hydrogen) atoms. The maximum absolute atomic E-state index is 14.2. The van der Waals surface area contributed by atoms with Gasteiger partial charge in [-0.25, -0.2) is 9.07 Å². The predicted octanol–water partition coefficient (Wildman–Crippen LogP) is 4.08. The van der Waals surface area contributed by atoms with E-state index < -0.39 is 0 Å². The molecule has 1 unspecified atom stereocenters. The van der Waals surface area contributed by atoms with E-state index in [0.717, 1.165) is 14.8 Å². The van der Waals surface area contributed by atoms with Gasteiger partial charge in [0.05, 0.1) is 0 Å². The highest BCUT2D eigenvalue weighted by atomic mass is 127. The number of hydrogen-bond acceptors (Lipinski definition) is 3. The molecule has 1 aliphatic rings. The average Bonchev–Trinajstić information content (AvgIpc) is 3.04. The van der Waals surface area contributed by atoms with Gasteiger partial charge in [-0.05, 0) is 52.4 Å². The Morgan fingerprint density at radius 1 is 1.09 bits per heavy atom. The largest absolute Gasteiger partial charge is 0.324 e. The van der Waals surface area contributed by atoms with Gasteiger partial charge in [0.1, 0.15) is 18.2 Å². The highest BCUT2D eigenvalue weighted by molar-refractivity contribution is 14.1. The lowest BCUT2D eigenvalue weighted by Crippen LogP contribution is -2.21. The Bertz CT molecular complexity index is 886. The smallest absolute Gasteiger partial charge is 0.226 e. The summed E-state index contributed by atoms with van der Waals surface area (Å²) >= 11 is 2.27. The van der Waals surface area contributed by atoms with Gasteiger partial charge in [0, 0.05) is 14.8 Å². The van der Waals surface area contributed by atoms with E-state index in [1.807, 2.05) is 36.4 Å². The van der Waals surface area contributed by atoms with Gasteiger partial charge in [0.15, 0.2) is 0 Å². The number of allylic oxidation sites excluding steroid dienone is 1. The normalized spacial score (nSPS) is 16.4. The first-order valence-corrected chi connectivity index (χ1v) is 8.19. The zero-order chi connectivity index (χ0) is 15.8. The predicted molar refractivity (Wildman–Crippen MR) is 95.3 cm³/mol. The first-order valence-electron chi connectivity index (χ1n) is 7.11. The Labute approximate surface area is 146 Å². The summed E-state index contributed by atoms with van der Waals surface area (Å²) in [5, 5.41) is 7.49. The van der Waals surface area contributed by atoms with Crippen LogP contribution < -0.4 is 5.32 Å². The SMILES string of the molecule is Fc1ccccc1C1C=C(c2ccc(I)cc2)Nc2ncnn21. The van der Waals surface area contributed by atoms with Crippen LogP contribution in [0.1, 0.15) is 17.2 Å². The third-order valence-corrected chi connectivity index (χ3v) is 4.51. The van der Waals surface area contributed by atoms with Crippen molar-refractivity contribution in [3.8, 4) is 0 Å². The van der Waals surface area contributed by atoms with E-state index in [0.29, 0.717) is 11.5 Å². The van der Waals surface area contributed by atoms with Gasteiger partial charge >= 0.3 is 0 Å². The molecular formula is C17H12FIN4. The molecule has 114 valence electrons. The lowest BCUT2D eigenvalue weighted by atomic mass is 10.0. The second-order valence-electron chi connectivity index (χ2n) is 5.21. The summed E-state index contributed by atoms with van der Waals surface area (Å²) in [6.07, 6.45) is 3.45. The fourth-order valence-electron chi connectivity index (χ4n) is 2.67. The number of rotatable bonds is 2. The summed E-state index contributed by atoms with van der Waals surface area (Å²) in [7, 11) is 0. The van der Waals surface area contributed by atoms with Crippen LogP contribution in [0.5, 0.6) is 0 Å². The summed E-state index contributed by atoms with van der Waals surface area (Å²) in [6.45, 7) is 0. The van der Waals surface area contributed by atoms with E-state index in [2.05, 4.69) is 38.0 Å². The molecule has 0 aliphatic carbocycles. The molecule has 0 amide bonds. The van der Waals surface area contributed by atoms with Crippen molar-refractivity contribution >= 4 is 34.2 Å². The van der Waals surface area contributed by atoms with Crippen molar-refractivity contribution in [1.82, 2.24) is 14.8 Å². The summed E-state index contributed by atoms with van der Waals surface area (Å²) < 4.78 is 17.1. The molecule has 0 bridgehead atoms. The standard InChI is InChI=1S/C17H12FIN4/c18-14-4-2-1-3-13(14)16-9-15(11-5-7-12(19)8-6-11)22-17-20-10-21-23(16)17/h1-10,16H,(H,20,21,22). The molecule has 0 saturated carbocycles. The first kappa shape index (κ1) is 14.4.